The number of hydrogen-bond acceptors (Lipinski definition) is 5. The summed E-state index contributed by atoms with van der Waals surface area (Å²) in [4.78, 5) is 21.0. The number of nitrogens with zero attached hydrogens (tertiary/aromatic N) is 5. The van der Waals surface area contributed by atoms with Gasteiger partial charge in [-0.1, -0.05) is 198 Å². The summed E-state index contributed by atoms with van der Waals surface area (Å²) in [6, 6.07) is 75.3. The van der Waals surface area contributed by atoms with E-state index in [1.165, 1.54) is 83.6 Å². The van der Waals surface area contributed by atoms with Gasteiger partial charge in [0.05, 0.1) is 0 Å². The van der Waals surface area contributed by atoms with Crippen LogP contribution in [-0.4, -0.2) is 21.9 Å². The third-order valence-corrected chi connectivity index (χ3v) is 15.5. The lowest BCUT2D eigenvalue weighted by atomic mass is 9.53. The van der Waals surface area contributed by atoms with Crippen LogP contribution in [0.3, 0.4) is 0 Å². The smallest absolute Gasteiger partial charge is 0.361 e. The molecule has 10 aromatic rings. The molecule has 0 bridgehead atoms. The zero-order chi connectivity index (χ0) is 46.2. The van der Waals surface area contributed by atoms with Crippen molar-refractivity contribution in [3.05, 3.63) is 229 Å². The Morgan fingerprint density at radius 1 is 0.319 bits per heavy atom. The van der Waals surface area contributed by atoms with Crippen molar-refractivity contribution in [2.75, 3.05) is 9.62 Å². The third-order valence-electron chi connectivity index (χ3n) is 15.5. The molecule has 0 spiro atoms. The number of anilines is 4. The van der Waals surface area contributed by atoms with Gasteiger partial charge in [0.25, 0.3) is 0 Å². The molecular weight excluding hydrogens is 838 g/mol. The Morgan fingerprint density at radius 2 is 0.667 bits per heavy atom. The molecule has 0 atom stereocenters. The van der Waals surface area contributed by atoms with E-state index in [0.29, 0.717) is 17.5 Å². The van der Waals surface area contributed by atoms with E-state index in [1.807, 2.05) is 36.4 Å². The van der Waals surface area contributed by atoms with E-state index in [2.05, 4.69) is 207 Å². The number of rotatable bonds is 5. The average molecular weight is 884 g/mol. The van der Waals surface area contributed by atoms with Crippen molar-refractivity contribution >= 4 is 35.2 Å². The molecule has 69 heavy (non-hydrogen) atoms. The van der Waals surface area contributed by atoms with Gasteiger partial charge in [0.2, 0.25) is 0 Å². The minimum Gasteiger partial charge on any atom is -0.361 e. The van der Waals surface area contributed by atoms with Crippen LogP contribution < -0.4 is 15.1 Å². The summed E-state index contributed by atoms with van der Waals surface area (Å²) in [7, 11) is 0. The molecule has 3 heterocycles. The van der Waals surface area contributed by atoms with Crippen LogP contribution in [0.1, 0.15) is 49.9 Å². The van der Waals surface area contributed by atoms with Crippen LogP contribution in [0.4, 0.5) is 22.7 Å². The molecule has 2 aliphatic heterocycles. The predicted octanol–water partition coefficient (Wildman–Crippen LogP) is 14.8. The molecule has 0 fully saturated rings. The summed E-state index contributed by atoms with van der Waals surface area (Å²) in [6.45, 7) is 9.22. The fourth-order valence-corrected chi connectivity index (χ4v) is 12.3. The first-order valence-electron chi connectivity index (χ1n) is 24.1. The van der Waals surface area contributed by atoms with E-state index >= 15 is 0 Å². The van der Waals surface area contributed by atoms with Crippen molar-refractivity contribution in [1.29, 1.82) is 0 Å². The van der Waals surface area contributed by atoms with Gasteiger partial charge in [-0.2, -0.15) is 0 Å². The average Bonchev–Trinajstić information content (AvgIpc) is 3.79. The van der Waals surface area contributed by atoms with Crippen molar-refractivity contribution in [2.45, 2.75) is 38.5 Å². The van der Waals surface area contributed by atoms with Crippen LogP contribution in [0.15, 0.2) is 206 Å². The molecule has 0 N–H and O–H groups in total. The molecule has 0 saturated carbocycles. The van der Waals surface area contributed by atoms with Gasteiger partial charge >= 0.3 is 6.98 Å². The van der Waals surface area contributed by atoms with Gasteiger partial charge in [-0.05, 0) is 86.4 Å². The molecule has 1 aromatic heterocycles. The standard InChI is InChI=1S/C63H46BN5/c1-62(2)48-29-15-11-27-44(48)56-50(62)31-19-35-54(56)68-52-33-17-13-25-42(52)46-37-41(61-66-59(39-21-7-5-8-22-39)65-60(67-61)40-23-9-6-10-24-40)38-47-43-26-14-18-34-53(43)69(64(68)58(46)47)55-36-20-32-51-57(55)45-28-12-16-30-49(45)63(51,3)4/h5-38H,1-4H3. The zero-order valence-corrected chi connectivity index (χ0v) is 38.9. The molecule has 5 nitrogen and oxygen atoms in total. The maximum absolute atomic E-state index is 5.30. The van der Waals surface area contributed by atoms with Gasteiger partial charge in [0.15, 0.2) is 17.5 Å². The van der Waals surface area contributed by atoms with Crippen molar-refractivity contribution in [3.63, 3.8) is 0 Å². The van der Waals surface area contributed by atoms with E-state index in [-0.39, 0.29) is 17.8 Å². The minimum atomic E-state index is -0.295. The van der Waals surface area contributed by atoms with Gasteiger partial charge < -0.3 is 9.62 Å². The highest BCUT2D eigenvalue weighted by molar-refractivity contribution is 6.86. The summed E-state index contributed by atoms with van der Waals surface area (Å²) < 4.78 is 0. The highest BCUT2D eigenvalue weighted by Crippen LogP contribution is 2.59. The molecule has 9 aromatic carbocycles. The molecule has 0 saturated heterocycles. The summed E-state index contributed by atoms with van der Waals surface area (Å²) in [5.74, 6) is 1.92. The second-order valence-corrected chi connectivity index (χ2v) is 19.9. The predicted molar refractivity (Wildman–Crippen MR) is 285 cm³/mol. The largest absolute Gasteiger partial charge is 0.421 e. The van der Waals surface area contributed by atoms with Crippen molar-refractivity contribution in [2.24, 2.45) is 0 Å². The Labute approximate surface area is 403 Å². The first kappa shape index (κ1) is 39.8. The van der Waals surface area contributed by atoms with Crippen LogP contribution in [0.2, 0.25) is 0 Å². The molecule has 2 aliphatic carbocycles. The first-order chi connectivity index (χ1) is 33.8. The van der Waals surface area contributed by atoms with Gasteiger partial charge in [-0.15, -0.1) is 0 Å². The molecule has 14 rings (SSSR count). The lowest BCUT2D eigenvalue weighted by molar-refractivity contribution is 0.660. The first-order valence-corrected chi connectivity index (χ1v) is 24.1. The normalized spacial score (nSPS) is 14.8. The van der Waals surface area contributed by atoms with Crippen molar-refractivity contribution in [1.82, 2.24) is 15.0 Å². The zero-order valence-electron chi connectivity index (χ0n) is 38.9. The Balaban J connectivity index is 1.09. The fraction of sp³-hybridized carbons (Fsp3) is 0.0952. The molecule has 0 unspecified atom stereocenters. The molecule has 6 heteroatoms. The fourth-order valence-electron chi connectivity index (χ4n) is 12.3. The van der Waals surface area contributed by atoms with E-state index in [1.54, 1.807) is 0 Å². The van der Waals surface area contributed by atoms with E-state index < -0.39 is 0 Å². The van der Waals surface area contributed by atoms with Crippen molar-refractivity contribution < 1.29 is 0 Å². The van der Waals surface area contributed by atoms with Gasteiger partial charge in [-0.25, -0.2) is 15.0 Å². The summed E-state index contributed by atoms with van der Waals surface area (Å²) >= 11 is 0. The van der Waals surface area contributed by atoms with E-state index in [0.717, 1.165) is 28.1 Å². The van der Waals surface area contributed by atoms with Crippen LogP contribution >= 0.6 is 0 Å². The number of aromatic nitrogens is 3. The second kappa shape index (κ2) is 14.6. The van der Waals surface area contributed by atoms with Crippen LogP contribution in [0, 0.1) is 0 Å². The quantitative estimate of drug-likeness (QED) is 0.161. The maximum atomic E-state index is 5.30. The molecule has 0 radical (unpaired) electrons. The van der Waals surface area contributed by atoms with Gasteiger partial charge in [0.1, 0.15) is 0 Å². The van der Waals surface area contributed by atoms with Crippen LogP contribution in [0.5, 0.6) is 0 Å². The topological polar surface area (TPSA) is 45.2 Å². The lowest BCUT2D eigenvalue weighted by Gasteiger charge is -2.48. The van der Waals surface area contributed by atoms with Gasteiger partial charge in [0, 0.05) is 72.5 Å². The Bertz CT molecular complexity index is 3530. The Morgan fingerprint density at radius 3 is 1.12 bits per heavy atom. The van der Waals surface area contributed by atoms with E-state index in [4.69, 9.17) is 15.0 Å². The summed E-state index contributed by atoms with van der Waals surface area (Å²) in [6.07, 6.45) is 0. The summed E-state index contributed by atoms with van der Waals surface area (Å²) in [5, 5.41) is 0. The number of fused-ring (bicyclic) bond motifs is 10. The number of benzene rings is 9. The molecule has 326 valence electrons. The Kier molecular flexibility index (Phi) is 8.41. The summed E-state index contributed by atoms with van der Waals surface area (Å²) in [5.41, 5.74) is 23.7. The highest BCUT2D eigenvalue weighted by atomic mass is 15.2. The van der Waals surface area contributed by atoms with Crippen LogP contribution in [0.25, 0.3) is 78.7 Å². The lowest BCUT2D eigenvalue weighted by Crippen LogP contribution is -2.62. The minimum absolute atomic E-state index is 0.175. The Hall–Kier alpha value is -8.35. The monoisotopic (exact) mass is 883 g/mol. The molecular formula is C63H46BN5. The maximum Gasteiger partial charge on any atom is 0.421 e. The highest BCUT2D eigenvalue weighted by Gasteiger charge is 2.50. The number of para-hydroxylation sites is 2. The number of hydrogen-bond donors (Lipinski definition) is 0. The molecule has 0 amide bonds. The van der Waals surface area contributed by atoms with Crippen LogP contribution in [-0.2, 0) is 10.8 Å². The van der Waals surface area contributed by atoms with E-state index in [9.17, 15) is 0 Å². The molecule has 4 aliphatic rings. The third kappa shape index (κ3) is 5.63. The second-order valence-electron chi connectivity index (χ2n) is 19.9. The van der Waals surface area contributed by atoms with Gasteiger partial charge in [-0.3, -0.25) is 0 Å². The SMILES string of the molecule is CC1(C)c2ccccc2-c2c(N3B4c5c(cc(-c6nc(-c7ccccc7)nc(-c7ccccc7)n6)cc5-c5ccccc5N4c4cccc5c4-c4ccccc4C5(C)C)-c4ccccc43)cccc21. The van der Waals surface area contributed by atoms with Crippen molar-refractivity contribution in [3.8, 4) is 78.7 Å².